The molecule has 0 spiro atoms. The van der Waals surface area contributed by atoms with Crippen LogP contribution in [0.4, 0.5) is 11.4 Å². The van der Waals surface area contributed by atoms with Crippen LogP contribution in [0.3, 0.4) is 0 Å². The fourth-order valence-electron chi connectivity index (χ4n) is 8.21. The fraction of sp³-hybridized carbons (Fsp3) is 0.343. The Kier molecular flexibility index (Phi) is 8.12. The van der Waals surface area contributed by atoms with Gasteiger partial charge in [-0.3, -0.25) is 19.5 Å². The van der Waals surface area contributed by atoms with E-state index < -0.39 is 27.2 Å². The second-order valence-electron chi connectivity index (χ2n) is 13.0. The average Bonchev–Trinajstić information content (AvgIpc) is 3.02. The van der Waals surface area contributed by atoms with Gasteiger partial charge in [0.15, 0.2) is 0 Å². The topological polar surface area (TPSA) is 143 Å². The Hall–Kier alpha value is -4.16. The number of hydrogen-bond donors (Lipinski definition) is 3. The molecule has 8 rings (SSSR count). The standard InChI is InChI=1S/C35H35BrN4O6S/c1-2-46-27-8-4-26(5-9-27)39-47(44,45)28-10-6-25(7-11-28)37-20-29-32(41)38-34(43)40(33(29)42)31-12-3-24(16-30(31)36)35-17-21-13-22(18-35)15-23(14-21)19-35/h3-12,16,20-23,39,42H,2,13-15,17-19H2,1H3,(H,38,41,43). The minimum absolute atomic E-state index is 0.0152. The first-order valence-electron chi connectivity index (χ1n) is 15.8. The molecule has 0 aliphatic heterocycles. The fourth-order valence-corrected chi connectivity index (χ4v) is 9.83. The second kappa shape index (κ2) is 12.1. The van der Waals surface area contributed by atoms with E-state index in [2.05, 4.69) is 42.8 Å². The molecular weight excluding hydrogens is 684 g/mol. The van der Waals surface area contributed by atoms with Crippen molar-refractivity contribution in [3.05, 3.63) is 103 Å². The van der Waals surface area contributed by atoms with E-state index in [1.54, 1.807) is 24.3 Å². The summed E-state index contributed by atoms with van der Waals surface area (Å²) in [5.41, 5.74) is 0.751. The summed E-state index contributed by atoms with van der Waals surface area (Å²) in [7, 11) is -3.88. The first-order chi connectivity index (χ1) is 22.5. The lowest BCUT2D eigenvalue weighted by molar-refractivity contribution is -0.00521. The SMILES string of the molecule is CCOc1ccc(NS(=O)(=O)c2ccc(N=Cc3c(O)n(-c4ccc(C56CC7CC(CC(C7)C5)C6)cc4Br)c(=O)[nH]c3=O)cc2)cc1. The van der Waals surface area contributed by atoms with Gasteiger partial charge in [0, 0.05) is 16.4 Å². The van der Waals surface area contributed by atoms with Crippen molar-refractivity contribution >= 4 is 43.5 Å². The molecule has 3 N–H and O–H groups in total. The first kappa shape index (κ1) is 31.4. The van der Waals surface area contributed by atoms with Gasteiger partial charge in [-0.15, -0.1) is 0 Å². The Labute approximate surface area is 280 Å². The molecule has 4 aliphatic carbocycles. The van der Waals surface area contributed by atoms with E-state index in [1.165, 1.54) is 68.4 Å². The van der Waals surface area contributed by atoms with E-state index >= 15 is 0 Å². The van der Waals surface area contributed by atoms with Gasteiger partial charge in [-0.1, -0.05) is 6.07 Å². The number of H-pyrrole nitrogens is 1. The van der Waals surface area contributed by atoms with Gasteiger partial charge < -0.3 is 9.84 Å². The summed E-state index contributed by atoms with van der Waals surface area (Å²) in [6, 6.07) is 18.2. The molecule has 1 aromatic heterocycles. The van der Waals surface area contributed by atoms with Crippen molar-refractivity contribution < 1.29 is 18.3 Å². The van der Waals surface area contributed by atoms with Crippen LogP contribution in [0.2, 0.25) is 0 Å². The summed E-state index contributed by atoms with van der Waals surface area (Å²) >= 11 is 3.65. The number of hydrogen-bond acceptors (Lipinski definition) is 7. The molecule has 0 amide bonds. The van der Waals surface area contributed by atoms with Crippen LogP contribution in [0.15, 0.2) is 90.7 Å². The van der Waals surface area contributed by atoms with E-state index in [-0.39, 0.29) is 15.9 Å². The molecule has 244 valence electrons. The lowest BCUT2D eigenvalue weighted by Gasteiger charge is -2.57. The Bertz CT molecular complexity index is 2050. The van der Waals surface area contributed by atoms with Crippen molar-refractivity contribution in [2.24, 2.45) is 22.7 Å². The van der Waals surface area contributed by atoms with Gasteiger partial charge in [0.2, 0.25) is 5.88 Å². The van der Waals surface area contributed by atoms with Crippen LogP contribution < -0.4 is 20.7 Å². The molecule has 0 atom stereocenters. The summed E-state index contributed by atoms with van der Waals surface area (Å²) in [6.07, 6.45) is 8.77. The Balaban J connectivity index is 1.12. The largest absolute Gasteiger partial charge is 0.494 e. The third-order valence-electron chi connectivity index (χ3n) is 9.87. The predicted octanol–water partition coefficient (Wildman–Crippen LogP) is 6.41. The molecule has 4 aromatic rings. The summed E-state index contributed by atoms with van der Waals surface area (Å²) in [6.45, 7) is 2.37. The van der Waals surface area contributed by atoms with E-state index in [1.807, 2.05) is 13.0 Å². The molecule has 4 saturated carbocycles. The normalized spacial score (nSPS) is 23.3. The van der Waals surface area contributed by atoms with Crippen LogP contribution in [-0.2, 0) is 15.4 Å². The van der Waals surface area contributed by atoms with Gasteiger partial charge in [-0.2, -0.15) is 0 Å². The van der Waals surface area contributed by atoms with Gasteiger partial charge in [0.25, 0.3) is 15.6 Å². The maximum Gasteiger partial charge on any atom is 0.335 e. The molecule has 4 aliphatic rings. The summed E-state index contributed by atoms with van der Waals surface area (Å²) in [4.78, 5) is 32.3. The molecule has 12 heteroatoms. The zero-order chi connectivity index (χ0) is 32.9. The number of benzene rings is 3. The monoisotopic (exact) mass is 718 g/mol. The van der Waals surface area contributed by atoms with Crippen molar-refractivity contribution in [1.82, 2.24) is 9.55 Å². The summed E-state index contributed by atoms with van der Waals surface area (Å²) in [5, 5.41) is 11.2. The minimum atomic E-state index is -3.88. The van der Waals surface area contributed by atoms with Crippen LogP contribution >= 0.6 is 15.9 Å². The molecule has 47 heavy (non-hydrogen) atoms. The first-order valence-corrected chi connectivity index (χ1v) is 18.1. The third kappa shape index (κ3) is 6.04. The van der Waals surface area contributed by atoms with Gasteiger partial charge >= 0.3 is 5.69 Å². The second-order valence-corrected chi connectivity index (χ2v) is 15.5. The maximum atomic E-state index is 13.0. The molecule has 0 unspecified atom stereocenters. The number of halogens is 1. The van der Waals surface area contributed by atoms with Crippen LogP contribution in [-0.4, -0.2) is 35.9 Å². The summed E-state index contributed by atoms with van der Waals surface area (Å²) in [5.74, 6) is 2.44. The molecule has 10 nitrogen and oxygen atoms in total. The number of aromatic nitrogens is 2. The number of ether oxygens (including phenoxy) is 1. The van der Waals surface area contributed by atoms with E-state index in [4.69, 9.17) is 4.74 Å². The Morgan fingerprint density at radius 1 is 1.00 bits per heavy atom. The van der Waals surface area contributed by atoms with Crippen LogP contribution in [0.5, 0.6) is 11.6 Å². The van der Waals surface area contributed by atoms with Gasteiger partial charge in [-0.05, 0) is 151 Å². The van der Waals surface area contributed by atoms with Crippen LogP contribution in [0.25, 0.3) is 5.69 Å². The van der Waals surface area contributed by atoms with Crippen molar-refractivity contribution in [1.29, 1.82) is 0 Å². The van der Waals surface area contributed by atoms with Crippen LogP contribution in [0.1, 0.15) is 56.6 Å². The summed E-state index contributed by atoms with van der Waals surface area (Å²) < 4.78 is 35.4. The zero-order valence-corrected chi connectivity index (χ0v) is 28.2. The number of aromatic amines is 1. The van der Waals surface area contributed by atoms with Crippen LogP contribution in [0, 0.1) is 17.8 Å². The molecule has 0 saturated heterocycles. The third-order valence-corrected chi connectivity index (χ3v) is 11.9. The maximum absolute atomic E-state index is 13.0. The molecule has 4 bridgehead atoms. The minimum Gasteiger partial charge on any atom is -0.494 e. The predicted molar refractivity (Wildman–Crippen MR) is 184 cm³/mol. The van der Waals surface area contributed by atoms with Gasteiger partial charge in [0.1, 0.15) is 11.3 Å². The number of nitrogens with one attached hydrogen (secondary N) is 2. The highest BCUT2D eigenvalue weighted by molar-refractivity contribution is 9.10. The lowest BCUT2D eigenvalue weighted by atomic mass is 9.48. The van der Waals surface area contributed by atoms with Crippen molar-refractivity contribution in [3.63, 3.8) is 0 Å². The number of nitrogens with zero attached hydrogens (tertiary/aromatic N) is 2. The Morgan fingerprint density at radius 2 is 1.64 bits per heavy atom. The van der Waals surface area contributed by atoms with Gasteiger partial charge in [0.05, 0.1) is 22.9 Å². The number of rotatable bonds is 9. The van der Waals surface area contributed by atoms with Crippen molar-refractivity contribution in [2.45, 2.75) is 55.8 Å². The highest BCUT2D eigenvalue weighted by Crippen LogP contribution is 2.61. The van der Waals surface area contributed by atoms with Crippen molar-refractivity contribution in [2.75, 3.05) is 11.3 Å². The molecule has 1 heterocycles. The smallest absolute Gasteiger partial charge is 0.335 e. The molecular formula is C35H35BrN4O6S. The number of anilines is 1. The highest BCUT2D eigenvalue weighted by Gasteiger charge is 2.51. The molecule has 0 radical (unpaired) electrons. The number of aromatic hydroxyl groups is 1. The van der Waals surface area contributed by atoms with E-state index in [0.717, 1.165) is 28.5 Å². The highest BCUT2D eigenvalue weighted by atomic mass is 79.9. The number of aliphatic imine (C=N–C) groups is 1. The Morgan fingerprint density at radius 3 is 2.23 bits per heavy atom. The van der Waals surface area contributed by atoms with E-state index in [9.17, 15) is 23.1 Å². The average molecular weight is 720 g/mol. The lowest BCUT2D eigenvalue weighted by Crippen LogP contribution is -2.48. The van der Waals surface area contributed by atoms with Gasteiger partial charge in [-0.25, -0.2) is 17.8 Å². The quantitative estimate of drug-likeness (QED) is 0.171. The van der Waals surface area contributed by atoms with Crippen molar-refractivity contribution in [3.8, 4) is 17.3 Å². The zero-order valence-electron chi connectivity index (χ0n) is 25.8. The van der Waals surface area contributed by atoms with E-state index in [0.29, 0.717) is 33.9 Å². The number of sulfonamides is 1. The molecule has 3 aromatic carbocycles. The molecule has 4 fully saturated rings.